The average Bonchev–Trinajstić information content (AvgIpc) is 1.98. The molecule has 4 saturated carbocycles. The molecule has 0 aromatic carbocycles. The van der Waals surface area contributed by atoms with Gasteiger partial charge in [-0.3, -0.25) is 0 Å². The van der Waals surface area contributed by atoms with Crippen LogP contribution < -0.4 is 0 Å². The molecule has 0 aromatic heterocycles. The Morgan fingerprint density at radius 2 is 1.10 bits per heavy atom. The molecule has 0 spiro atoms. The van der Waals surface area contributed by atoms with Gasteiger partial charge in [-0.05, 0) is 62.2 Å². The first kappa shape index (κ1) is 4.79. The third-order valence-electron chi connectivity index (χ3n) is 3.76. The second kappa shape index (κ2) is 1.78. The van der Waals surface area contributed by atoms with Crippen molar-refractivity contribution in [2.24, 2.45) is 23.7 Å². The molecule has 0 N–H and O–H groups in total. The number of hydrogen-bond acceptors (Lipinski definition) is 0. The zero-order chi connectivity index (χ0) is 7.42. The molecule has 0 saturated heterocycles. The topological polar surface area (TPSA) is 0 Å². The summed E-state index contributed by atoms with van der Waals surface area (Å²) in [6, 6.07) is 0. The first-order chi connectivity index (χ1) is 5.33. The van der Waals surface area contributed by atoms with Crippen LogP contribution in [0.1, 0.15) is 39.9 Å². The second-order valence-corrected chi connectivity index (χ2v) is 4.62. The third kappa shape index (κ3) is 0.681. The monoisotopic (exact) mass is 138 g/mol. The van der Waals surface area contributed by atoms with Gasteiger partial charge >= 0.3 is 0 Å². The van der Waals surface area contributed by atoms with E-state index >= 15 is 0 Å². The highest BCUT2D eigenvalue weighted by molar-refractivity contribution is 4.92. The summed E-state index contributed by atoms with van der Waals surface area (Å²) in [5.74, 6) is 3.70. The highest BCUT2D eigenvalue weighted by Gasteiger charge is 2.41. The summed E-state index contributed by atoms with van der Waals surface area (Å²) < 4.78 is 8.00. The Morgan fingerprint density at radius 1 is 0.700 bits per heavy atom. The fourth-order valence-corrected chi connectivity index (χ4v) is 3.65. The zero-order valence-corrected chi connectivity index (χ0v) is 6.42. The Morgan fingerprint density at radius 3 is 1.60 bits per heavy atom. The summed E-state index contributed by atoms with van der Waals surface area (Å²) >= 11 is 0. The van der Waals surface area contributed by atoms with Gasteiger partial charge in [-0.2, -0.15) is 0 Å². The van der Waals surface area contributed by atoms with Crippen LogP contribution in [-0.4, -0.2) is 0 Å². The molecule has 0 nitrogen and oxygen atoms in total. The zero-order valence-electron chi connectivity index (χ0n) is 7.42. The van der Waals surface area contributed by atoms with E-state index in [1.807, 2.05) is 0 Å². The fourth-order valence-electron chi connectivity index (χ4n) is 3.65. The van der Waals surface area contributed by atoms with E-state index < -0.39 is 0 Å². The van der Waals surface area contributed by atoms with Gasteiger partial charge in [0.05, 0.1) is 0 Å². The van der Waals surface area contributed by atoms with E-state index in [1.54, 1.807) is 0 Å². The van der Waals surface area contributed by atoms with Gasteiger partial charge in [-0.25, -0.2) is 0 Å². The highest BCUT2D eigenvalue weighted by atomic mass is 14.5. The van der Waals surface area contributed by atoms with E-state index in [4.69, 9.17) is 1.37 Å². The standard InChI is InChI=1S/C10H16/c1-7-2-9-4-8(1)5-10(3-7)6-9/h7-10H,1-6H2/i1T. The van der Waals surface area contributed by atoms with E-state index in [1.165, 1.54) is 32.1 Å². The third-order valence-corrected chi connectivity index (χ3v) is 3.76. The maximum Gasteiger partial charge on any atom is 0.0272 e. The average molecular weight is 138 g/mol. The molecule has 0 aromatic rings. The number of hydrogen-bond donors (Lipinski definition) is 0. The lowest BCUT2D eigenvalue weighted by molar-refractivity contribution is 0.0198. The summed E-state index contributed by atoms with van der Waals surface area (Å²) in [7, 11) is 0. The molecule has 0 heteroatoms. The van der Waals surface area contributed by atoms with Crippen LogP contribution in [-0.2, 0) is 0 Å². The van der Waals surface area contributed by atoms with Crippen LogP contribution >= 0.6 is 0 Å². The van der Waals surface area contributed by atoms with Crippen molar-refractivity contribution in [3.63, 3.8) is 0 Å². The minimum Gasteiger partial charge on any atom is -0.0475 e. The molecule has 4 rings (SSSR count). The van der Waals surface area contributed by atoms with E-state index in [0.29, 0.717) is 6.40 Å². The van der Waals surface area contributed by atoms with Gasteiger partial charge in [-0.15, -0.1) is 0 Å². The van der Waals surface area contributed by atoms with Crippen molar-refractivity contribution in [2.45, 2.75) is 38.5 Å². The normalized spacial score (nSPS) is 66.4. The first-order valence-corrected chi connectivity index (χ1v) is 4.75. The molecule has 0 amide bonds. The van der Waals surface area contributed by atoms with Crippen LogP contribution in [0.3, 0.4) is 0 Å². The summed E-state index contributed by atoms with van der Waals surface area (Å²) in [4.78, 5) is 0. The highest BCUT2D eigenvalue weighted by Crippen LogP contribution is 2.53. The van der Waals surface area contributed by atoms with Crippen molar-refractivity contribution >= 4 is 0 Å². The minimum absolute atomic E-state index is 0.336. The van der Waals surface area contributed by atoms with Gasteiger partial charge in [-0.1, -0.05) is 0 Å². The lowest BCUT2D eigenvalue weighted by Gasteiger charge is -2.49. The molecule has 4 fully saturated rings. The van der Waals surface area contributed by atoms with Crippen LogP contribution in [0.25, 0.3) is 0 Å². The summed E-state index contributed by atoms with van der Waals surface area (Å²) in [5, 5.41) is 0. The Hall–Kier alpha value is 0. The van der Waals surface area contributed by atoms with Crippen molar-refractivity contribution in [3.05, 3.63) is 0 Å². The van der Waals surface area contributed by atoms with Gasteiger partial charge in [0.25, 0.3) is 0 Å². The second-order valence-electron chi connectivity index (χ2n) is 4.62. The van der Waals surface area contributed by atoms with Crippen molar-refractivity contribution < 1.29 is 1.37 Å². The molecule has 4 bridgehead atoms. The van der Waals surface area contributed by atoms with Crippen LogP contribution in [0.15, 0.2) is 0 Å². The van der Waals surface area contributed by atoms with Crippen LogP contribution in [0, 0.1) is 23.7 Å². The smallest absolute Gasteiger partial charge is 0.0272 e. The molecule has 4 aliphatic carbocycles. The molecular weight excluding hydrogens is 120 g/mol. The Kier molecular flexibility index (Phi) is 0.852. The maximum atomic E-state index is 8.00. The summed E-state index contributed by atoms with van der Waals surface area (Å²) in [6.45, 7) is 0. The van der Waals surface area contributed by atoms with Gasteiger partial charge in [0.2, 0.25) is 0 Å². The molecule has 0 unspecified atom stereocenters. The molecule has 0 atom stereocenters. The lowest BCUT2D eigenvalue weighted by atomic mass is 9.56. The van der Waals surface area contributed by atoms with Crippen molar-refractivity contribution in [1.82, 2.24) is 0 Å². The van der Waals surface area contributed by atoms with E-state index in [0.717, 1.165) is 23.7 Å². The molecule has 4 aliphatic rings. The Bertz CT molecular complexity index is 148. The van der Waals surface area contributed by atoms with Gasteiger partial charge < -0.3 is 0 Å². The summed E-state index contributed by atoms with van der Waals surface area (Å²) in [6.07, 6.45) is 7.47. The minimum atomic E-state index is 0.336. The van der Waals surface area contributed by atoms with E-state index in [9.17, 15) is 0 Å². The SMILES string of the molecule is [3H]C1C2CC3CC(C2)CC1C3. The largest absolute Gasteiger partial charge is 0.0475 e. The lowest BCUT2D eigenvalue weighted by Crippen LogP contribution is -2.38. The Labute approximate surface area is 64.4 Å². The fraction of sp³-hybridized carbons (Fsp3) is 1.00. The van der Waals surface area contributed by atoms with Crippen molar-refractivity contribution in [1.29, 1.82) is 0 Å². The van der Waals surface area contributed by atoms with Crippen LogP contribution in [0.4, 0.5) is 0 Å². The van der Waals surface area contributed by atoms with E-state index in [2.05, 4.69) is 0 Å². The number of rotatable bonds is 0. The van der Waals surface area contributed by atoms with Gasteiger partial charge in [0.15, 0.2) is 0 Å². The molecular formula is C10H16. The van der Waals surface area contributed by atoms with Crippen LogP contribution in [0.2, 0.25) is 0 Å². The predicted molar refractivity (Wildman–Crippen MR) is 41.7 cm³/mol. The maximum absolute atomic E-state index is 8.00. The Balaban J connectivity index is 1.91. The quantitative estimate of drug-likeness (QED) is 0.483. The van der Waals surface area contributed by atoms with Crippen molar-refractivity contribution in [3.8, 4) is 0 Å². The molecule has 56 valence electrons. The van der Waals surface area contributed by atoms with Gasteiger partial charge in [0, 0.05) is 1.37 Å². The molecule has 10 heavy (non-hydrogen) atoms. The molecule has 0 radical (unpaired) electrons. The van der Waals surface area contributed by atoms with Crippen LogP contribution in [0.5, 0.6) is 0 Å². The van der Waals surface area contributed by atoms with E-state index in [-0.39, 0.29) is 0 Å². The molecule has 0 heterocycles. The first-order valence-electron chi connectivity index (χ1n) is 5.33. The molecule has 0 aliphatic heterocycles. The summed E-state index contributed by atoms with van der Waals surface area (Å²) in [5.41, 5.74) is 0. The van der Waals surface area contributed by atoms with Gasteiger partial charge in [0.1, 0.15) is 0 Å². The predicted octanol–water partition coefficient (Wildman–Crippen LogP) is 2.83. The van der Waals surface area contributed by atoms with Crippen molar-refractivity contribution in [2.75, 3.05) is 0 Å².